The molecule has 1 N–H and O–H groups in total. The minimum absolute atomic E-state index is 0.0268. The van der Waals surface area contributed by atoms with Crippen molar-refractivity contribution < 1.29 is 9.90 Å². The van der Waals surface area contributed by atoms with Gasteiger partial charge in [-0.05, 0) is 44.0 Å². The minimum Gasteiger partial charge on any atom is -0.385 e. The molecule has 1 aliphatic rings. The van der Waals surface area contributed by atoms with Gasteiger partial charge in [-0.15, -0.1) is 0 Å². The number of carbonyl (C=O) groups excluding carboxylic acids is 1. The third-order valence-corrected chi connectivity index (χ3v) is 5.75. The molecule has 3 nitrogen and oxygen atoms in total. The van der Waals surface area contributed by atoms with E-state index in [4.69, 9.17) is 0 Å². The lowest BCUT2D eigenvalue weighted by Gasteiger charge is -2.41. The molecule has 2 atom stereocenters. The predicted octanol–water partition coefficient (Wildman–Crippen LogP) is 4.67. The van der Waals surface area contributed by atoms with Crippen molar-refractivity contribution in [2.75, 3.05) is 19.6 Å². The lowest BCUT2D eigenvalue weighted by molar-refractivity contribution is -0.129. The van der Waals surface area contributed by atoms with Crippen LogP contribution in [0, 0.1) is 19.8 Å². The van der Waals surface area contributed by atoms with Crippen LogP contribution in [0.3, 0.4) is 0 Å². The molecule has 0 bridgehead atoms. The Kier molecular flexibility index (Phi) is 6.83. The topological polar surface area (TPSA) is 40.5 Å². The molecule has 0 radical (unpaired) electrons. The molecule has 0 saturated carbocycles. The number of piperidine rings is 1. The third kappa shape index (κ3) is 5.53. The molecular formula is C26H31NO2. The number of allylic oxidation sites excluding steroid dienone is 1. The lowest BCUT2D eigenvalue weighted by atomic mass is 9.77. The summed E-state index contributed by atoms with van der Waals surface area (Å²) in [5.41, 5.74) is 3.24. The molecule has 1 heterocycles. The summed E-state index contributed by atoms with van der Waals surface area (Å²) in [7, 11) is 0. The number of nitrogens with zero attached hydrogens (tertiary/aromatic N) is 1. The van der Waals surface area contributed by atoms with Crippen LogP contribution in [-0.4, -0.2) is 41.0 Å². The second-order valence-electron chi connectivity index (χ2n) is 8.08. The van der Waals surface area contributed by atoms with Crippen LogP contribution in [0.15, 0.2) is 60.7 Å². The van der Waals surface area contributed by atoms with Gasteiger partial charge in [0.05, 0.1) is 11.5 Å². The Morgan fingerprint density at radius 1 is 1.10 bits per heavy atom. The Morgan fingerprint density at radius 2 is 1.72 bits per heavy atom. The van der Waals surface area contributed by atoms with Gasteiger partial charge in [0, 0.05) is 13.1 Å². The maximum atomic E-state index is 13.1. The van der Waals surface area contributed by atoms with E-state index in [0.717, 1.165) is 29.8 Å². The molecular weight excluding hydrogens is 358 g/mol. The standard InChI is InChI=1S/C26H31NO2/c1-4-27-16-15-26(29,14-13-23-10-6-8-21(3)18-23)24(19-27)25(28)12-11-22-9-5-7-20(2)17-22/h5-14,17-18,24,29H,4,15-16,19H2,1-3H3/b12-11-,14-13-/t24-,26+/m0/s1. The Labute approximate surface area is 174 Å². The van der Waals surface area contributed by atoms with Crippen LogP contribution in [0.25, 0.3) is 12.2 Å². The molecule has 0 unspecified atom stereocenters. The van der Waals surface area contributed by atoms with Gasteiger partial charge in [-0.25, -0.2) is 0 Å². The molecule has 152 valence electrons. The number of ketones is 1. The summed E-state index contributed by atoms with van der Waals surface area (Å²) in [4.78, 5) is 15.3. The number of aryl methyl sites for hydroxylation is 2. The quantitative estimate of drug-likeness (QED) is 0.730. The summed E-state index contributed by atoms with van der Waals surface area (Å²) >= 11 is 0. The number of hydrogen-bond acceptors (Lipinski definition) is 3. The average molecular weight is 390 g/mol. The van der Waals surface area contributed by atoms with Gasteiger partial charge in [0.2, 0.25) is 0 Å². The molecule has 0 spiro atoms. The first kappa shape index (κ1) is 21.2. The normalized spacial score (nSPS) is 23.1. The summed E-state index contributed by atoms with van der Waals surface area (Å²) in [5, 5.41) is 11.4. The van der Waals surface area contributed by atoms with E-state index in [1.54, 1.807) is 6.08 Å². The van der Waals surface area contributed by atoms with E-state index in [9.17, 15) is 9.90 Å². The monoisotopic (exact) mass is 389 g/mol. The van der Waals surface area contributed by atoms with Crippen molar-refractivity contribution in [1.82, 2.24) is 4.90 Å². The fourth-order valence-corrected chi connectivity index (χ4v) is 3.92. The molecule has 29 heavy (non-hydrogen) atoms. The van der Waals surface area contributed by atoms with Crippen molar-refractivity contribution in [3.8, 4) is 0 Å². The molecule has 1 saturated heterocycles. The van der Waals surface area contributed by atoms with E-state index in [0.29, 0.717) is 13.0 Å². The van der Waals surface area contributed by atoms with Gasteiger partial charge in [0.25, 0.3) is 0 Å². The summed E-state index contributed by atoms with van der Waals surface area (Å²) in [6.45, 7) is 8.42. The lowest BCUT2D eigenvalue weighted by Crippen LogP contribution is -2.53. The highest BCUT2D eigenvalue weighted by molar-refractivity contribution is 5.96. The van der Waals surface area contributed by atoms with Crippen LogP contribution in [0.2, 0.25) is 0 Å². The average Bonchev–Trinajstić information content (AvgIpc) is 2.71. The largest absolute Gasteiger partial charge is 0.385 e. The zero-order valence-corrected chi connectivity index (χ0v) is 17.6. The first-order valence-electron chi connectivity index (χ1n) is 10.4. The molecule has 3 rings (SSSR count). The number of aliphatic hydroxyl groups is 1. The van der Waals surface area contributed by atoms with Crippen molar-refractivity contribution in [2.24, 2.45) is 5.92 Å². The molecule has 3 heteroatoms. The predicted molar refractivity (Wildman–Crippen MR) is 121 cm³/mol. The highest BCUT2D eigenvalue weighted by Crippen LogP contribution is 2.31. The van der Waals surface area contributed by atoms with Gasteiger partial charge in [-0.3, -0.25) is 4.79 Å². The van der Waals surface area contributed by atoms with Crippen LogP contribution in [0.1, 0.15) is 35.6 Å². The first-order valence-corrected chi connectivity index (χ1v) is 10.4. The van der Waals surface area contributed by atoms with E-state index in [1.165, 1.54) is 5.56 Å². The highest BCUT2D eigenvalue weighted by Gasteiger charge is 2.42. The van der Waals surface area contributed by atoms with Gasteiger partial charge >= 0.3 is 0 Å². The van der Waals surface area contributed by atoms with Crippen LogP contribution in [0.5, 0.6) is 0 Å². The van der Waals surface area contributed by atoms with Gasteiger partial charge in [0.15, 0.2) is 5.78 Å². The summed E-state index contributed by atoms with van der Waals surface area (Å²) in [6, 6.07) is 16.2. The number of hydrogen-bond donors (Lipinski definition) is 1. The van der Waals surface area contributed by atoms with Crippen molar-refractivity contribution in [2.45, 2.75) is 32.8 Å². The summed E-state index contributed by atoms with van der Waals surface area (Å²) in [6.07, 6.45) is 7.81. The van der Waals surface area contributed by atoms with E-state index < -0.39 is 11.5 Å². The smallest absolute Gasteiger partial charge is 0.163 e. The Hall–Kier alpha value is -2.49. The van der Waals surface area contributed by atoms with Crippen molar-refractivity contribution >= 4 is 17.9 Å². The van der Waals surface area contributed by atoms with Crippen LogP contribution >= 0.6 is 0 Å². The minimum atomic E-state index is -1.14. The zero-order chi connectivity index (χ0) is 20.9. The molecule has 2 aromatic rings. The Balaban J connectivity index is 1.83. The fraction of sp³-hybridized carbons (Fsp3) is 0.346. The van der Waals surface area contributed by atoms with Gasteiger partial charge in [-0.2, -0.15) is 0 Å². The van der Waals surface area contributed by atoms with E-state index in [1.807, 2.05) is 74.5 Å². The maximum Gasteiger partial charge on any atom is 0.163 e. The highest BCUT2D eigenvalue weighted by atomic mass is 16.3. The molecule has 1 fully saturated rings. The van der Waals surface area contributed by atoms with Gasteiger partial charge < -0.3 is 10.0 Å². The fourth-order valence-electron chi connectivity index (χ4n) is 3.92. The number of benzene rings is 2. The number of carbonyl (C=O) groups is 1. The van der Waals surface area contributed by atoms with Crippen LogP contribution < -0.4 is 0 Å². The molecule has 1 aliphatic heterocycles. The molecule has 0 aromatic heterocycles. The second-order valence-corrected chi connectivity index (χ2v) is 8.08. The van der Waals surface area contributed by atoms with Gasteiger partial charge in [0.1, 0.15) is 0 Å². The number of rotatable bonds is 6. The second kappa shape index (κ2) is 9.34. The summed E-state index contributed by atoms with van der Waals surface area (Å²) in [5.74, 6) is -0.501. The number of likely N-dealkylation sites (tertiary alicyclic amines) is 1. The van der Waals surface area contributed by atoms with Crippen molar-refractivity contribution in [1.29, 1.82) is 0 Å². The molecule has 2 aromatic carbocycles. The van der Waals surface area contributed by atoms with E-state index in [-0.39, 0.29) is 5.78 Å². The molecule has 0 amide bonds. The Bertz CT molecular complexity index is 914. The van der Waals surface area contributed by atoms with E-state index >= 15 is 0 Å². The zero-order valence-electron chi connectivity index (χ0n) is 17.6. The molecule has 0 aliphatic carbocycles. The van der Waals surface area contributed by atoms with Crippen molar-refractivity contribution in [3.05, 3.63) is 82.9 Å². The van der Waals surface area contributed by atoms with E-state index in [2.05, 4.69) is 17.9 Å². The SMILES string of the molecule is CCN1CC[C@](O)(/C=C\c2cccc(C)c2)[C@H](C(=O)/C=C\c2cccc(C)c2)C1. The maximum absolute atomic E-state index is 13.1. The summed E-state index contributed by atoms with van der Waals surface area (Å²) < 4.78 is 0. The first-order chi connectivity index (χ1) is 13.9. The van der Waals surface area contributed by atoms with Crippen LogP contribution in [0.4, 0.5) is 0 Å². The van der Waals surface area contributed by atoms with Crippen molar-refractivity contribution in [3.63, 3.8) is 0 Å². The van der Waals surface area contributed by atoms with Gasteiger partial charge in [-0.1, -0.05) is 84.8 Å². The third-order valence-electron chi connectivity index (χ3n) is 5.75. The van der Waals surface area contributed by atoms with Crippen LogP contribution in [-0.2, 0) is 4.79 Å². The Morgan fingerprint density at radius 3 is 2.31 bits per heavy atom.